The predicted octanol–water partition coefficient (Wildman–Crippen LogP) is 2.93. The molecule has 0 saturated heterocycles. The van der Waals surface area contributed by atoms with Crippen LogP contribution in [0.3, 0.4) is 0 Å². The van der Waals surface area contributed by atoms with Gasteiger partial charge in [0.25, 0.3) is 11.6 Å². The second-order valence-electron chi connectivity index (χ2n) is 7.94. The lowest BCUT2D eigenvalue weighted by Gasteiger charge is -2.16. The van der Waals surface area contributed by atoms with Crippen molar-refractivity contribution in [3.63, 3.8) is 0 Å². The number of benzene rings is 2. The number of nitrogens with zero attached hydrogens (tertiary/aromatic N) is 4. The topological polar surface area (TPSA) is 82.1 Å². The number of aromatic nitrogens is 3. The highest BCUT2D eigenvalue weighted by molar-refractivity contribution is 6.53. The van der Waals surface area contributed by atoms with E-state index in [2.05, 4.69) is 5.10 Å². The van der Waals surface area contributed by atoms with Crippen LogP contribution >= 0.6 is 0 Å². The summed E-state index contributed by atoms with van der Waals surface area (Å²) >= 11 is 0. The quantitative estimate of drug-likeness (QED) is 0.351. The molecule has 5 rings (SSSR count). The van der Waals surface area contributed by atoms with Gasteiger partial charge in [0.2, 0.25) is 0 Å². The molecule has 2 aromatic heterocycles. The Balaban J connectivity index is 1.73. The zero-order valence-corrected chi connectivity index (χ0v) is 18.4. The van der Waals surface area contributed by atoms with Crippen molar-refractivity contribution in [1.29, 1.82) is 0 Å². The van der Waals surface area contributed by atoms with Crippen LogP contribution in [0.1, 0.15) is 16.8 Å². The monoisotopic (exact) mass is 454 g/mol. The number of rotatable bonds is 4. The Morgan fingerprint density at radius 1 is 0.882 bits per heavy atom. The molecule has 4 aromatic rings. The summed E-state index contributed by atoms with van der Waals surface area (Å²) < 4.78 is 16.0. The first-order valence-electron chi connectivity index (χ1n) is 10.6. The number of aryl methyl sites for hydroxylation is 2. The van der Waals surface area contributed by atoms with Crippen molar-refractivity contribution in [3.8, 4) is 11.6 Å². The lowest BCUT2D eigenvalue weighted by Crippen LogP contribution is -2.39. The van der Waals surface area contributed by atoms with Gasteiger partial charge in [0.05, 0.1) is 17.1 Å². The molecule has 0 atom stereocenters. The fraction of sp³-hybridized carbons (Fsp3) is 0.0769. The van der Waals surface area contributed by atoms with Gasteiger partial charge in [0, 0.05) is 17.7 Å². The molecule has 34 heavy (non-hydrogen) atoms. The van der Waals surface area contributed by atoms with E-state index in [1.807, 2.05) is 13.0 Å². The average Bonchev–Trinajstić information content (AvgIpc) is 3.25. The van der Waals surface area contributed by atoms with Crippen molar-refractivity contribution in [2.45, 2.75) is 13.8 Å². The largest absolute Gasteiger partial charge is 0.858 e. The van der Waals surface area contributed by atoms with Crippen molar-refractivity contribution >= 4 is 28.8 Å². The standard InChI is InChI=1S/C26H19FN4O3/c1-16-7-6-8-20(15-16)30-24(32)22(23(26(30)34)29-13-4-3-5-14-29)21-17(2)28-31(25(21)33)19-11-9-18(27)10-12-19/h3-15H,1-2H3. The van der Waals surface area contributed by atoms with Crippen molar-refractivity contribution in [2.75, 3.05) is 4.90 Å². The number of imide groups is 1. The lowest BCUT2D eigenvalue weighted by molar-refractivity contribution is -0.576. The summed E-state index contributed by atoms with van der Waals surface area (Å²) in [6, 6.07) is 17.6. The van der Waals surface area contributed by atoms with Crippen LogP contribution in [0, 0.1) is 19.7 Å². The molecular weight excluding hydrogens is 435 g/mol. The van der Waals surface area contributed by atoms with Gasteiger partial charge in [0.1, 0.15) is 11.4 Å². The predicted molar refractivity (Wildman–Crippen MR) is 121 cm³/mol. The van der Waals surface area contributed by atoms with Crippen LogP contribution in [-0.4, -0.2) is 21.6 Å². The third-order valence-electron chi connectivity index (χ3n) is 5.63. The highest BCUT2D eigenvalue weighted by Crippen LogP contribution is 2.38. The summed E-state index contributed by atoms with van der Waals surface area (Å²) in [7, 11) is 0. The van der Waals surface area contributed by atoms with Crippen LogP contribution in [0.4, 0.5) is 10.1 Å². The maximum atomic E-state index is 13.7. The molecule has 168 valence electrons. The van der Waals surface area contributed by atoms with E-state index in [1.165, 1.54) is 28.8 Å². The van der Waals surface area contributed by atoms with E-state index in [-0.39, 0.29) is 22.5 Å². The van der Waals surface area contributed by atoms with E-state index in [1.54, 1.807) is 55.7 Å². The SMILES string of the molecule is Cc1cccc(N2C(=O)C(c3c(C)nn(-c4ccc(F)cc4)c3[O-])=C([n+]3ccccc3)C2=O)c1. The van der Waals surface area contributed by atoms with E-state index < -0.39 is 23.5 Å². The third kappa shape index (κ3) is 3.36. The summed E-state index contributed by atoms with van der Waals surface area (Å²) in [4.78, 5) is 28.4. The van der Waals surface area contributed by atoms with Crippen LogP contribution in [0.5, 0.6) is 5.88 Å². The molecule has 7 nitrogen and oxygen atoms in total. The van der Waals surface area contributed by atoms with Crippen LogP contribution in [0.25, 0.3) is 17.0 Å². The fourth-order valence-electron chi connectivity index (χ4n) is 4.08. The van der Waals surface area contributed by atoms with E-state index >= 15 is 0 Å². The first-order valence-corrected chi connectivity index (χ1v) is 10.6. The fourth-order valence-corrected chi connectivity index (χ4v) is 4.08. The molecule has 2 amide bonds. The average molecular weight is 454 g/mol. The van der Waals surface area contributed by atoms with Gasteiger partial charge in [-0.25, -0.2) is 14.0 Å². The summed E-state index contributed by atoms with van der Waals surface area (Å²) in [5, 5.41) is 17.8. The maximum Gasteiger partial charge on any atom is 0.331 e. The van der Waals surface area contributed by atoms with Crippen molar-refractivity contribution in [2.24, 2.45) is 0 Å². The van der Waals surface area contributed by atoms with E-state index in [0.29, 0.717) is 11.4 Å². The molecule has 0 unspecified atom stereocenters. The summed E-state index contributed by atoms with van der Waals surface area (Å²) in [6.45, 7) is 3.46. The van der Waals surface area contributed by atoms with Gasteiger partial charge >= 0.3 is 5.91 Å². The van der Waals surface area contributed by atoms with Crippen molar-refractivity contribution in [3.05, 3.63) is 102 Å². The molecule has 0 N–H and O–H groups in total. The van der Waals surface area contributed by atoms with Gasteiger partial charge in [-0.2, -0.15) is 9.67 Å². The second-order valence-corrected chi connectivity index (χ2v) is 7.94. The number of carbonyl (C=O) groups excluding carboxylic acids is 2. The molecule has 8 heteroatoms. The minimum absolute atomic E-state index is 0.0291. The van der Waals surface area contributed by atoms with Gasteiger partial charge < -0.3 is 5.11 Å². The Hall–Kier alpha value is -4.59. The minimum Gasteiger partial charge on any atom is -0.858 e. The Morgan fingerprint density at radius 2 is 1.59 bits per heavy atom. The van der Waals surface area contributed by atoms with Crippen molar-refractivity contribution in [1.82, 2.24) is 9.78 Å². The molecule has 0 bridgehead atoms. The number of carbonyl (C=O) groups is 2. The van der Waals surface area contributed by atoms with Gasteiger partial charge in [-0.05, 0) is 61.7 Å². The van der Waals surface area contributed by atoms with Crippen LogP contribution in [0.2, 0.25) is 0 Å². The van der Waals surface area contributed by atoms with Gasteiger partial charge in [0.15, 0.2) is 12.4 Å². The summed E-state index contributed by atoms with van der Waals surface area (Å²) in [5.41, 5.74) is 1.99. The minimum atomic E-state index is -0.610. The Kier molecular flexibility index (Phi) is 5.05. The van der Waals surface area contributed by atoms with E-state index in [9.17, 15) is 19.1 Å². The van der Waals surface area contributed by atoms with Crippen LogP contribution < -0.4 is 14.6 Å². The zero-order chi connectivity index (χ0) is 24.0. The lowest BCUT2D eigenvalue weighted by atomic mass is 10.0. The molecule has 0 fully saturated rings. The molecule has 1 aliphatic rings. The number of hydrogen-bond donors (Lipinski definition) is 0. The van der Waals surface area contributed by atoms with E-state index in [4.69, 9.17) is 0 Å². The normalized spacial score (nSPS) is 13.8. The first kappa shape index (κ1) is 21.3. The molecule has 0 saturated carbocycles. The molecule has 2 aromatic carbocycles. The number of amides is 2. The van der Waals surface area contributed by atoms with Gasteiger partial charge in [-0.1, -0.05) is 18.2 Å². The van der Waals surface area contributed by atoms with Gasteiger partial charge in [-0.3, -0.25) is 9.59 Å². The van der Waals surface area contributed by atoms with E-state index in [0.717, 1.165) is 15.1 Å². The molecule has 1 aliphatic heterocycles. The summed E-state index contributed by atoms with van der Waals surface area (Å²) in [5.74, 6) is -2.17. The first-order chi connectivity index (χ1) is 16.4. The van der Waals surface area contributed by atoms with Crippen LogP contribution in [-0.2, 0) is 9.59 Å². The second kappa shape index (κ2) is 8.08. The highest BCUT2D eigenvalue weighted by atomic mass is 19.1. The van der Waals surface area contributed by atoms with Crippen molar-refractivity contribution < 1.29 is 23.7 Å². The number of anilines is 1. The van der Waals surface area contributed by atoms with Gasteiger partial charge in [-0.15, -0.1) is 0 Å². The summed E-state index contributed by atoms with van der Waals surface area (Å²) in [6.07, 6.45) is 3.29. The molecule has 0 aliphatic carbocycles. The maximum absolute atomic E-state index is 13.7. The number of halogens is 1. The molecule has 0 spiro atoms. The molecule has 0 radical (unpaired) electrons. The number of pyridine rings is 1. The Morgan fingerprint density at radius 3 is 2.26 bits per heavy atom. The smallest absolute Gasteiger partial charge is 0.331 e. The molecule has 3 heterocycles. The zero-order valence-electron chi connectivity index (χ0n) is 18.4. The molecular formula is C26H19FN4O3. The third-order valence-corrected chi connectivity index (χ3v) is 5.63. The Bertz CT molecular complexity index is 1470. The Labute approximate surface area is 194 Å². The van der Waals surface area contributed by atoms with Crippen LogP contribution in [0.15, 0.2) is 79.1 Å². The highest BCUT2D eigenvalue weighted by Gasteiger charge is 2.47. The number of hydrogen-bond acceptors (Lipinski definition) is 4.